The van der Waals surface area contributed by atoms with Crippen LogP contribution in [0.3, 0.4) is 0 Å². The fraction of sp³-hybridized carbons (Fsp3) is 0.273. The SMILES string of the molecule is CCS(=O)(=O)Nc1ccc(C)c(CNc2nc(Nc3ccc4c(c3)CC(=O)N4)ncc2C(F)(F)F)n1. The maximum atomic E-state index is 13.6. The number of fused-ring (bicyclic) bond motifs is 1. The van der Waals surface area contributed by atoms with E-state index in [1.54, 1.807) is 31.2 Å². The van der Waals surface area contributed by atoms with Gasteiger partial charge in [-0.1, -0.05) is 6.07 Å². The van der Waals surface area contributed by atoms with Crippen molar-refractivity contribution in [2.75, 3.05) is 26.4 Å². The van der Waals surface area contributed by atoms with Gasteiger partial charge in [-0.05, 0) is 49.2 Å². The summed E-state index contributed by atoms with van der Waals surface area (Å²) in [6.45, 7) is 3.02. The molecule has 3 heterocycles. The number of anilines is 5. The molecule has 0 bridgehead atoms. The lowest BCUT2D eigenvalue weighted by atomic mass is 10.1. The summed E-state index contributed by atoms with van der Waals surface area (Å²) in [5.41, 5.74) is 1.83. The molecule has 0 atom stereocenters. The predicted molar refractivity (Wildman–Crippen MR) is 128 cm³/mol. The Balaban J connectivity index is 1.57. The predicted octanol–water partition coefficient (Wildman–Crippen LogP) is 3.81. The summed E-state index contributed by atoms with van der Waals surface area (Å²) in [6.07, 6.45) is -3.85. The molecule has 0 fully saturated rings. The number of halogens is 3. The number of carbonyl (C=O) groups is 1. The zero-order chi connectivity index (χ0) is 26.1. The van der Waals surface area contributed by atoms with Gasteiger partial charge in [0.15, 0.2) is 0 Å². The number of pyridine rings is 1. The summed E-state index contributed by atoms with van der Waals surface area (Å²) in [5, 5.41) is 8.21. The molecule has 4 rings (SSSR count). The van der Waals surface area contributed by atoms with E-state index in [4.69, 9.17) is 0 Å². The first-order valence-corrected chi connectivity index (χ1v) is 12.4. The van der Waals surface area contributed by atoms with Crippen molar-refractivity contribution in [2.45, 2.75) is 33.0 Å². The number of carbonyl (C=O) groups excluding carboxylic acids is 1. The number of aromatic nitrogens is 3. The quantitative estimate of drug-likeness (QED) is 0.351. The van der Waals surface area contributed by atoms with Crippen molar-refractivity contribution in [1.29, 1.82) is 0 Å². The topological polar surface area (TPSA) is 138 Å². The maximum absolute atomic E-state index is 13.6. The molecule has 0 aliphatic carbocycles. The standard InChI is InChI=1S/C22H22F3N7O3S/c1-3-36(34,35)32-18-7-4-12(2)17(29-18)11-26-20-15(22(23,24)25)10-27-21(31-20)28-14-5-6-16-13(8-14)9-19(33)30-16/h4-8,10H,3,9,11H2,1-2H3,(H,29,32)(H,30,33)(H2,26,27,28,31). The summed E-state index contributed by atoms with van der Waals surface area (Å²) in [5.74, 6) is -0.797. The van der Waals surface area contributed by atoms with Crippen LogP contribution in [0.2, 0.25) is 0 Å². The molecule has 0 saturated heterocycles. The van der Waals surface area contributed by atoms with Crippen LogP contribution in [-0.4, -0.2) is 35.0 Å². The van der Waals surface area contributed by atoms with Gasteiger partial charge in [-0.15, -0.1) is 0 Å². The number of aryl methyl sites for hydroxylation is 1. The molecule has 1 aliphatic heterocycles. The minimum Gasteiger partial charge on any atom is -0.364 e. The van der Waals surface area contributed by atoms with Crippen LogP contribution in [0, 0.1) is 6.92 Å². The second-order valence-electron chi connectivity index (χ2n) is 7.99. The molecular formula is C22H22F3N7O3S. The molecular weight excluding hydrogens is 499 g/mol. The Labute approximate surface area is 204 Å². The first-order valence-electron chi connectivity index (χ1n) is 10.8. The molecule has 0 spiro atoms. The number of hydrogen-bond acceptors (Lipinski definition) is 8. The Morgan fingerprint density at radius 2 is 1.92 bits per heavy atom. The minimum absolute atomic E-state index is 0.0601. The Hall–Kier alpha value is -3.94. The van der Waals surface area contributed by atoms with E-state index in [2.05, 4.69) is 35.6 Å². The van der Waals surface area contributed by atoms with Crippen LogP contribution >= 0.6 is 0 Å². The lowest BCUT2D eigenvalue weighted by Crippen LogP contribution is -2.17. The van der Waals surface area contributed by atoms with Crippen LogP contribution in [0.5, 0.6) is 0 Å². The molecule has 1 aromatic carbocycles. The van der Waals surface area contributed by atoms with Crippen molar-refractivity contribution in [3.63, 3.8) is 0 Å². The van der Waals surface area contributed by atoms with E-state index in [9.17, 15) is 26.4 Å². The third-order valence-electron chi connectivity index (χ3n) is 5.35. The average Bonchev–Trinajstić information content (AvgIpc) is 3.18. The van der Waals surface area contributed by atoms with E-state index in [1.165, 1.54) is 13.0 Å². The molecule has 3 aromatic rings. The molecule has 0 saturated carbocycles. The molecule has 0 unspecified atom stereocenters. The molecule has 1 amide bonds. The molecule has 36 heavy (non-hydrogen) atoms. The van der Waals surface area contributed by atoms with Gasteiger partial charge in [0.2, 0.25) is 21.9 Å². The summed E-state index contributed by atoms with van der Waals surface area (Å²) in [6, 6.07) is 8.11. The summed E-state index contributed by atoms with van der Waals surface area (Å²) < 4.78 is 66.8. The van der Waals surface area contributed by atoms with Gasteiger partial charge in [0.25, 0.3) is 0 Å². The maximum Gasteiger partial charge on any atom is 0.421 e. The Morgan fingerprint density at radius 1 is 1.14 bits per heavy atom. The zero-order valence-electron chi connectivity index (χ0n) is 19.2. The van der Waals surface area contributed by atoms with Gasteiger partial charge in [0.05, 0.1) is 24.4 Å². The molecule has 2 aromatic heterocycles. The molecule has 14 heteroatoms. The largest absolute Gasteiger partial charge is 0.421 e. The van der Waals surface area contributed by atoms with Crippen LogP contribution in [0.1, 0.15) is 29.3 Å². The Morgan fingerprint density at radius 3 is 2.64 bits per heavy atom. The fourth-order valence-corrected chi connectivity index (χ4v) is 4.00. The van der Waals surface area contributed by atoms with Crippen molar-refractivity contribution >= 4 is 44.9 Å². The van der Waals surface area contributed by atoms with E-state index in [1.807, 2.05) is 0 Å². The van der Waals surface area contributed by atoms with E-state index in [0.717, 1.165) is 5.56 Å². The molecule has 190 valence electrons. The van der Waals surface area contributed by atoms with Crippen LogP contribution in [0.4, 0.5) is 42.1 Å². The first-order chi connectivity index (χ1) is 16.9. The average molecular weight is 522 g/mol. The highest BCUT2D eigenvalue weighted by molar-refractivity contribution is 7.92. The highest BCUT2D eigenvalue weighted by Crippen LogP contribution is 2.35. The molecule has 0 radical (unpaired) electrons. The molecule has 10 nitrogen and oxygen atoms in total. The lowest BCUT2D eigenvalue weighted by Gasteiger charge is -2.16. The number of sulfonamides is 1. The van der Waals surface area contributed by atoms with Crippen molar-refractivity contribution < 1.29 is 26.4 Å². The van der Waals surface area contributed by atoms with Crippen LogP contribution in [0.15, 0.2) is 36.5 Å². The van der Waals surface area contributed by atoms with Gasteiger partial charge < -0.3 is 16.0 Å². The number of nitrogens with one attached hydrogen (secondary N) is 4. The second-order valence-corrected chi connectivity index (χ2v) is 10.0. The number of rotatable bonds is 8. The van der Waals surface area contributed by atoms with Crippen molar-refractivity contribution in [2.24, 2.45) is 0 Å². The van der Waals surface area contributed by atoms with E-state index >= 15 is 0 Å². The van der Waals surface area contributed by atoms with Crippen molar-refractivity contribution in [1.82, 2.24) is 15.0 Å². The fourth-order valence-electron chi connectivity index (χ4n) is 3.43. The second kappa shape index (κ2) is 9.60. The highest BCUT2D eigenvalue weighted by Gasteiger charge is 2.35. The van der Waals surface area contributed by atoms with Gasteiger partial charge in [0.1, 0.15) is 17.2 Å². The number of hydrogen-bond donors (Lipinski definition) is 4. The van der Waals surface area contributed by atoms with Gasteiger partial charge >= 0.3 is 6.18 Å². The monoisotopic (exact) mass is 521 g/mol. The molecule has 4 N–H and O–H groups in total. The van der Waals surface area contributed by atoms with Crippen molar-refractivity contribution in [3.8, 4) is 0 Å². The normalized spacial score (nSPS) is 13.2. The van der Waals surface area contributed by atoms with Gasteiger partial charge in [-0.3, -0.25) is 9.52 Å². The lowest BCUT2D eigenvalue weighted by molar-refractivity contribution is -0.137. The number of amides is 1. The third-order valence-corrected chi connectivity index (χ3v) is 6.63. The van der Waals surface area contributed by atoms with Crippen LogP contribution < -0.4 is 20.7 Å². The highest BCUT2D eigenvalue weighted by atomic mass is 32.2. The number of benzene rings is 1. The molecule has 1 aliphatic rings. The van der Waals surface area contributed by atoms with Gasteiger partial charge in [-0.25, -0.2) is 18.4 Å². The van der Waals surface area contributed by atoms with Gasteiger partial charge in [0, 0.05) is 17.6 Å². The number of alkyl halides is 3. The first kappa shape index (κ1) is 25.2. The van der Waals surface area contributed by atoms with Gasteiger partial charge in [-0.2, -0.15) is 18.2 Å². The number of nitrogens with zero attached hydrogens (tertiary/aromatic N) is 3. The smallest absolute Gasteiger partial charge is 0.364 e. The van der Waals surface area contributed by atoms with E-state index < -0.39 is 27.6 Å². The van der Waals surface area contributed by atoms with E-state index in [-0.39, 0.29) is 36.4 Å². The van der Waals surface area contributed by atoms with Crippen LogP contribution in [0.25, 0.3) is 0 Å². The van der Waals surface area contributed by atoms with Crippen LogP contribution in [-0.2, 0) is 34.0 Å². The zero-order valence-corrected chi connectivity index (χ0v) is 20.0. The minimum atomic E-state index is -4.72. The Bertz CT molecular complexity index is 1430. The van der Waals surface area contributed by atoms with Crippen molar-refractivity contribution in [3.05, 3.63) is 58.9 Å². The van der Waals surface area contributed by atoms with E-state index in [0.29, 0.717) is 28.8 Å². The summed E-state index contributed by atoms with van der Waals surface area (Å²) in [7, 11) is -3.57. The summed E-state index contributed by atoms with van der Waals surface area (Å²) in [4.78, 5) is 23.6. The summed E-state index contributed by atoms with van der Waals surface area (Å²) >= 11 is 0. The third kappa shape index (κ3) is 5.82. The Kier molecular flexibility index (Phi) is 6.71.